The first kappa shape index (κ1) is 14.3. The van der Waals surface area contributed by atoms with E-state index in [-0.39, 0.29) is 0 Å². The summed E-state index contributed by atoms with van der Waals surface area (Å²) < 4.78 is 11.9. The van der Waals surface area contributed by atoms with Crippen LogP contribution in [0.3, 0.4) is 0 Å². The van der Waals surface area contributed by atoms with Crippen molar-refractivity contribution in [2.75, 3.05) is 20.8 Å². The minimum Gasteiger partial charge on any atom is -0.493 e. The highest BCUT2D eigenvalue weighted by Crippen LogP contribution is 2.43. The van der Waals surface area contributed by atoms with E-state index in [0.717, 1.165) is 33.5 Å². The lowest BCUT2D eigenvalue weighted by Crippen LogP contribution is -2.08. The van der Waals surface area contributed by atoms with Crippen LogP contribution < -0.4 is 15.2 Å². The van der Waals surface area contributed by atoms with Crippen molar-refractivity contribution >= 4 is 15.9 Å². The highest BCUT2D eigenvalue weighted by Gasteiger charge is 2.20. The molecule has 0 heterocycles. The molecule has 0 aliphatic carbocycles. The van der Waals surface area contributed by atoms with Gasteiger partial charge in [0.1, 0.15) is 0 Å². The fourth-order valence-corrected chi connectivity index (χ4v) is 2.65. The summed E-state index contributed by atoms with van der Waals surface area (Å²) in [5.74, 6) is 1.90. The Bertz CT molecular complexity index is 393. The van der Waals surface area contributed by atoms with Crippen molar-refractivity contribution in [2.45, 2.75) is 26.2 Å². The Balaban J connectivity index is 3.37. The Labute approximate surface area is 111 Å². The van der Waals surface area contributed by atoms with Gasteiger partial charge in [-0.15, -0.1) is 0 Å². The van der Waals surface area contributed by atoms with Gasteiger partial charge in [-0.3, -0.25) is 0 Å². The molecule has 1 unspecified atom stereocenters. The van der Waals surface area contributed by atoms with Gasteiger partial charge in [-0.1, -0.05) is 22.9 Å². The van der Waals surface area contributed by atoms with E-state index in [4.69, 9.17) is 15.2 Å². The predicted octanol–water partition coefficient (Wildman–Crippen LogP) is 3.23. The molecule has 1 atom stereocenters. The summed E-state index contributed by atoms with van der Waals surface area (Å²) in [5, 5.41) is 0. The van der Waals surface area contributed by atoms with E-state index in [1.54, 1.807) is 14.2 Å². The number of methoxy groups -OCH3 is 2. The Morgan fingerprint density at radius 2 is 2.00 bits per heavy atom. The van der Waals surface area contributed by atoms with E-state index in [0.29, 0.717) is 12.5 Å². The van der Waals surface area contributed by atoms with Crippen molar-refractivity contribution in [3.8, 4) is 11.5 Å². The SMILES string of the molecule is COc1cc(C)c(Br)c(C(C)CCN)c1OC. The second kappa shape index (κ2) is 6.26. The first-order chi connectivity index (χ1) is 8.06. The van der Waals surface area contributed by atoms with Crippen molar-refractivity contribution in [3.05, 3.63) is 21.7 Å². The first-order valence-corrected chi connectivity index (χ1v) is 6.47. The monoisotopic (exact) mass is 301 g/mol. The average Bonchev–Trinajstić information content (AvgIpc) is 2.31. The highest BCUT2D eigenvalue weighted by molar-refractivity contribution is 9.10. The fourth-order valence-electron chi connectivity index (χ4n) is 1.97. The number of nitrogens with two attached hydrogens (primary N) is 1. The summed E-state index contributed by atoms with van der Waals surface area (Å²) in [4.78, 5) is 0. The summed E-state index contributed by atoms with van der Waals surface area (Å²) in [5.41, 5.74) is 7.90. The molecule has 0 amide bonds. The van der Waals surface area contributed by atoms with E-state index < -0.39 is 0 Å². The second-order valence-corrected chi connectivity index (χ2v) is 4.93. The number of ether oxygens (including phenoxy) is 2. The third-order valence-electron chi connectivity index (χ3n) is 2.92. The molecule has 0 aromatic heterocycles. The lowest BCUT2D eigenvalue weighted by Gasteiger charge is -2.20. The van der Waals surface area contributed by atoms with Gasteiger partial charge in [-0.2, -0.15) is 0 Å². The van der Waals surface area contributed by atoms with Crippen LogP contribution in [0, 0.1) is 6.92 Å². The molecule has 1 rings (SSSR count). The van der Waals surface area contributed by atoms with Crippen LogP contribution in [0.5, 0.6) is 11.5 Å². The highest BCUT2D eigenvalue weighted by atomic mass is 79.9. The molecule has 0 saturated heterocycles. The summed E-state index contributed by atoms with van der Waals surface area (Å²) >= 11 is 3.63. The molecule has 2 N–H and O–H groups in total. The minimum absolute atomic E-state index is 0.332. The number of aryl methyl sites for hydroxylation is 1. The third-order valence-corrected chi connectivity index (χ3v) is 3.97. The maximum Gasteiger partial charge on any atom is 0.165 e. The van der Waals surface area contributed by atoms with Gasteiger partial charge >= 0.3 is 0 Å². The van der Waals surface area contributed by atoms with Crippen molar-refractivity contribution in [1.29, 1.82) is 0 Å². The number of hydrogen-bond donors (Lipinski definition) is 1. The summed E-state index contributed by atoms with van der Waals surface area (Å²) in [6.45, 7) is 4.85. The molecule has 3 nitrogen and oxygen atoms in total. The maximum absolute atomic E-state index is 5.63. The standard InChI is InChI=1S/C13H20BrNO2/c1-8(5-6-15)11-12(14)9(2)7-10(16-3)13(11)17-4/h7-8H,5-6,15H2,1-4H3. The predicted molar refractivity (Wildman–Crippen MR) is 74.1 cm³/mol. The molecule has 0 spiro atoms. The van der Waals surface area contributed by atoms with Gasteiger partial charge in [0.2, 0.25) is 0 Å². The van der Waals surface area contributed by atoms with Crippen molar-refractivity contribution in [1.82, 2.24) is 0 Å². The third kappa shape index (κ3) is 2.93. The normalized spacial score (nSPS) is 12.4. The van der Waals surface area contributed by atoms with Crippen molar-refractivity contribution in [2.24, 2.45) is 5.73 Å². The fraction of sp³-hybridized carbons (Fsp3) is 0.538. The zero-order valence-electron chi connectivity index (χ0n) is 10.8. The van der Waals surface area contributed by atoms with Gasteiger partial charge in [0, 0.05) is 10.0 Å². The van der Waals surface area contributed by atoms with Gasteiger partial charge in [-0.05, 0) is 37.4 Å². The van der Waals surface area contributed by atoms with Gasteiger partial charge in [0.15, 0.2) is 11.5 Å². The largest absolute Gasteiger partial charge is 0.493 e. The van der Waals surface area contributed by atoms with Crippen LogP contribution in [0.1, 0.15) is 30.4 Å². The maximum atomic E-state index is 5.63. The minimum atomic E-state index is 0.332. The van der Waals surface area contributed by atoms with E-state index in [1.165, 1.54) is 0 Å². The van der Waals surface area contributed by atoms with Gasteiger partial charge < -0.3 is 15.2 Å². The molecule has 0 bridgehead atoms. The molecule has 0 aliphatic heterocycles. The van der Waals surface area contributed by atoms with Crippen LogP contribution in [0.4, 0.5) is 0 Å². The summed E-state index contributed by atoms with van der Waals surface area (Å²) in [6.07, 6.45) is 0.918. The summed E-state index contributed by atoms with van der Waals surface area (Å²) in [6, 6.07) is 1.97. The van der Waals surface area contributed by atoms with Gasteiger partial charge in [0.05, 0.1) is 14.2 Å². The molecule has 0 aliphatic rings. The van der Waals surface area contributed by atoms with Gasteiger partial charge in [0.25, 0.3) is 0 Å². The second-order valence-electron chi connectivity index (χ2n) is 4.14. The molecular formula is C13H20BrNO2. The average molecular weight is 302 g/mol. The zero-order valence-corrected chi connectivity index (χ0v) is 12.4. The van der Waals surface area contributed by atoms with Crippen molar-refractivity contribution in [3.63, 3.8) is 0 Å². The lowest BCUT2D eigenvalue weighted by molar-refractivity contribution is 0.348. The molecule has 17 heavy (non-hydrogen) atoms. The van der Waals surface area contributed by atoms with Gasteiger partial charge in [-0.25, -0.2) is 0 Å². The quantitative estimate of drug-likeness (QED) is 0.908. The molecule has 0 fully saturated rings. The van der Waals surface area contributed by atoms with E-state index in [9.17, 15) is 0 Å². The number of rotatable bonds is 5. The molecule has 96 valence electrons. The Morgan fingerprint density at radius 3 is 2.47 bits per heavy atom. The number of halogens is 1. The van der Waals surface area contributed by atoms with Crippen LogP contribution >= 0.6 is 15.9 Å². The van der Waals surface area contributed by atoms with Crippen LogP contribution in [-0.4, -0.2) is 20.8 Å². The smallest absolute Gasteiger partial charge is 0.165 e. The first-order valence-electron chi connectivity index (χ1n) is 5.67. The molecular weight excluding hydrogens is 282 g/mol. The molecule has 0 radical (unpaired) electrons. The Hall–Kier alpha value is -0.740. The van der Waals surface area contributed by atoms with Crippen molar-refractivity contribution < 1.29 is 9.47 Å². The summed E-state index contributed by atoms with van der Waals surface area (Å²) in [7, 11) is 3.32. The zero-order chi connectivity index (χ0) is 13.0. The topological polar surface area (TPSA) is 44.5 Å². The Kier molecular flexibility index (Phi) is 5.28. The van der Waals surface area contributed by atoms with Crippen LogP contribution in [0.2, 0.25) is 0 Å². The van der Waals surface area contributed by atoms with E-state index >= 15 is 0 Å². The van der Waals surface area contributed by atoms with E-state index in [1.807, 2.05) is 13.0 Å². The number of hydrogen-bond acceptors (Lipinski definition) is 3. The van der Waals surface area contributed by atoms with Crippen LogP contribution in [-0.2, 0) is 0 Å². The Morgan fingerprint density at radius 1 is 1.35 bits per heavy atom. The molecule has 4 heteroatoms. The van der Waals surface area contributed by atoms with Crippen LogP contribution in [0.15, 0.2) is 10.5 Å². The molecule has 1 aromatic rings. The van der Waals surface area contributed by atoms with E-state index in [2.05, 4.69) is 22.9 Å². The molecule has 1 aromatic carbocycles. The molecule has 0 saturated carbocycles. The lowest BCUT2D eigenvalue weighted by atomic mass is 9.94. The van der Waals surface area contributed by atoms with Crippen LogP contribution in [0.25, 0.3) is 0 Å². The number of benzene rings is 1.